The van der Waals surface area contributed by atoms with E-state index in [1.54, 1.807) is 6.20 Å². The summed E-state index contributed by atoms with van der Waals surface area (Å²) >= 11 is 1.45. The van der Waals surface area contributed by atoms with E-state index in [0.29, 0.717) is 6.54 Å². The molecule has 0 aliphatic carbocycles. The lowest BCUT2D eigenvalue weighted by Gasteiger charge is -2.05. The molecule has 0 fully saturated rings. The molecule has 0 bridgehead atoms. The van der Waals surface area contributed by atoms with Gasteiger partial charge in [0.15, 0.2) is 0 Å². The summed E-state index contributed by atoms with van der Waals surface area (Å²) in [5.41, 5.74) is 2.04. The third kappa shape index (κ3) is 2.63. The molecule has 3 nitrogen and oxygen atoms in total. The molecule has 94 valence electrons. The van der Waals surface area contributed by atoms with Gasteiger partial charge in [0.25, 0.3) is 5.91 Å². The van der Waals surface area contributed by atoms with Gasteiger partial charge >= 0.3 is 0 Å². The van der Waals surface area contributed by atoms with Gasteiger partial charge in [-0.3, -0.25) is 9.78 Å². The fourth-order valence-electron chi connectivity index (χ4n) is 1.91. The summed E-state index contributed by atoms with van der Waals surface area (Å²) in [5, 5.41) is 5.90. The van der Waals surface area contributed by atoms with E-state index in [-0.39, 0.29) is 5.91 Å². The van der Waals surface area contributed by atoms with Crippen LogP contribution in [0.4, 0.5) is 0 Å². The van der Waals surface area contributed by atoms with E-state index in [1.807, 2.05) is 41.8 Å². The van der Waals surface area contributed by atoms with Crippen molar-refractivity contribution >= 4 is 28.1 Å². The number of benzene rings is 1. The van der Waals surface area contributed by atoms with E-state index in [0.717, 1.165) is 21.3 Å². The van der Waals surface area contributed by atoms with Gasteiger partial charge < -0.3 is 5.32 Å². The molecule has 1 aromatic carbocycles. The minimum Gasteiger partial charge on any atom is -0.347 e. The quantitative estimate of drug-likeness (QED) is 0.792. The van der Waals surface area contributed by atoms with Crippen molar-refractivity contribution in [2.75, 3.05) is 0 Å². The number of fused-ring (bicyclic) bond motifs is 1. The number of nitrogens with one attached hydrogen (secondary N) is 1. The number of thiophene rings is 1. The van der Waals surface area contributed by atoms with E-state index in [9.17, 15) is 4.79 Å². The summed E-state index contributed by atoms with van der Waals surface area (Å²) in [4.78, 5) is 16.8. The second-order valence-corrected chi connectivity index (χ2v) is 5.14. The highest BCUT2D eigenvalue weighted by Gasteiger charge is 2.05. The lowest BCUT2D eigenvalue weighted by molar-refractivity contribution is 0.0955. The number of rotatable bonds is 3. The van der Waals surface area contributed by atoms with Crippen LogP contribution in [0.1, 0.15) is 15.2 Å². The molecule has 0 radical (unpaired) electrons. The van der Waals surface area contributed by atoms with Crippen LogP contribution in [0.2, 0.25) is 0 Å². The molecule has 3 aromatic rings. The standard InChI is InChI=1S/C15H12N2OS/c18-15(14-4-2-8-19-14)17-10-11-5-6-13-12(9-11)3-1-7-16-13/h1-9H,10H2,(H,17,18). The number of hydrogen-bond acceptors (Lipinski definition) is 3. The SMILES string of the molecule is O=C(NCc1ccc2ncccc2c1)c1cccs1. The fraction of sp³-hybridized carbons (Fsp3) is 0.0667. The minimum absolute atomic E-state index is 0.0266. The largest absolute Gasteiger partial charge is 0.347 e. The predicted molar refractivity (Wildman–Crippen MR) is 77.2 cm³/mol. The van der Waals surface area contributed by atoms with Gasteiger partial charge in [0.2, 0.25) is 0 Å². The molecule has 19 heavy (non-hydrogen) atoms. The summed E-state index contributed by atoms with van der Waals surface area (Å²) in [7, 11) is 0. The maximum Gasteiger partial charge on any atom is 0.261 e. The Morgan fingerprint density at radius 2 is 2.16 bits per heavy atom. The van der Waals surface area contributed by atoms with Crippen molar-refractivity contribution in [2.24, 2.45) is 0 Å². The van der Waals surface area contributed by atoms with Gasteiger partial charge in [-0.05, 0) is 35.2 Å². The molecule has 1 amide bonds. The van der Waals surface area contributed by atoms with E-state index in [4.69, 9.17) is 0 Å². The van der Waals surface area contributed by atoms with Crippen molar-refractivity contribution in [3.63, 3.8) is 0 Å². The molecule has 0 unspecified atom stereocenters. The molecular weight excluding hydrogens is 256 g/mol. The van der Waals surface area contributed by atoms with Crippen LogP contribution in [0.3, 0.4) is 0 Å². The van der Waals surface area contributed by atoms with Crippen molar-refractivity contribution in [1.82, 2.24) is 10.3 Å². The maximum absolute atomic E-state index is 11.8. The number of amides is 1. The van der Waals surface area contributed by atoms with E-state index in [1.165, 1.54) is 11.3 Å². The highest BCUT2D eigenvalue weighted by Crippen LogP contribution is 2.13. The molecule has 2 heterocycles. The molecule has 4 heteroatoms. The summed E-state index contributed by atoms with van der Waals surface area (Å²) in [5.74, 6) is -0.0266. The van der Waals surface area contributed by atoms with Crippen molar-refractivity contribution in [3.05, 3.63) is 64.5 Å². The fourth-order valence-corrected chi connectivity index (χ4v) is 2.55. The topological polar surface area (TPSA) is 42.0 Å². The van der Waals surface area contributed by atoms with E-state index >= 15 is 0 Å². The number of hydrogen-bond donors (Lipinski definition) is 1. The number of carbonyl (C=O) groups is 1. The summed E-state index contributed by atoms with van der Waals surface area (Å²) in [6.07, 6.45) is 1.78. The monoisotopic (exact) mass is 268 g/mol. The number of aromatic nitrogens is 1. The highest BCUT2D eigenvalue weighted by atomic mass is 32.1. The van der Waals surface area contributed by atoms with Crippen LogP contribution in [0.15, 0.2) is 54.0 Å². The predicted octanol–water partition coefficient (Wildman–Crippen LogP) is 3.23. The lowest BCUT2D eigenvalue weighted by Crippen LogP contribution is -2.21. The Morgan fingerprint density at radius 1 is 1.21 bits per heavy atom. The Bertz CT molecular complexity index is 707. The Labute approximate surface area is 114 Å². The smallest absolute Gasteiger partial charge is 0.261 e. The third-order valence-corrected chi connectivity index (χ3v) is 3.73. The molecule has 0 atom stereocenters. The molecule has 0 aliphatic heterocycles. The highest BCUT2D eigenvalue weighted by molar-refractivity contribution is 7.12. The second kappa shape index (κ2) is 5.20. The molecule has 0 saturated heterocycles. The van der Waals surface area contributed by atoms with Crippen LogP contribution in [-0.2, 0) is 6.54 Å². The number of nitrogens with zero attached hydrogens (tertiary/aromatic N) is 1. The Kier molecular flexibility index (Phi) is 3.25. The zero-order valence-corrected chi connectivity index (χ0v) is 11.0. The van der Waals surface area contributed by atoms with Crippen molar-refractivity contribution in [2.45, 2.75) is 6.54 Å². The van der Waals surface area contributed by atoms with Gasteiger partial charge in [-0.1, -0.05) is 18.2 Å². The molecular formula is C15H12N2OS. The summed E-state index contributed by atoms with van der Waals surface area (Å²) in [6, 6.07) is 13.7. The lowest BCUT2D eigenvalue weighted by atomic mass is 10.1. The van der Waals surface area contributed by atoms with Gasteiger partial charge in [0, 0.05) is 18.1 Å². The molecule has 0 saturated carbocycles. The first-order valence-electron chi connectivity index (χ1n) is 5.98. The first kappa shape index (κ1) is 11.9. The Hall–Kier alpha value is -2.20. The first-order valence-corrected chi connectivity index (χ1v) is 6.86. The number of pyridine rings is 1. The molecule has 1 N–H and O–H groups in total. The van der Waals surface area contributed by atoms with Gasteiger partial charge in [-0.25, -0.2) is 0 Å². The van der Waals surface area contributed by atoms with Crippen LogP contribution in [0.5, 0.6) is 0 Å². The summed E-state index contributed by atoms with van der Waals surface area (Å²) in [6.45, 7) is 0.529. The normalized spacial score (nSPS) is 10.5. The van der Waals surface area contributed by atoms with Gasteiger partial charge in [-0.15, -0.1) is 11.3 Å². The zero-order valence-electron chi connectivity index (χ0n) is 10.2. The molecule has 0 aliphatic rings. The van der Waals surface area contributed by atoms with E-state index in [2.05, 4.69) is 16.4 Å². The Morgan fingerprint density at radius 3 is 3.00 bits per heavy atom. The maximum atomic E-state index is 11.8. The number of carbonyl (C=O) groups excluding carboxylic acids is 1. The minimum atomic E-state index is -0.0266. The summed E-state index contributed by atoms with van der Waals surface area (Å²) < 4.78 is 0. The molecule has 0 spiro atoms. The van der Waals surface area contributed by atoms with Crippen LogP contribution < -0.4 is 5.32 Å². The van der Waals surface area contributed by atoms with Crippen LogP contribution >= 0.6 is 11.3 Å². The van der Waals surface area contributed by atoms with E-state index < -0.39 is 0 Å². The van der Waals surface area contributed by atoms with Crippen molar-refractivity contribution in [1.29, 1.82) is 0 Å². The average Bonchev–Trinajstić information content (AvgIpc) is 2.99. The van der Waals surface area contributed by atoms with Gasteiger partial charge in [0.1, 0.15) is 0 Å². The van der Waals surface area contributed by atoms with Crippen LogP contribution in [0.25, 0.3) is 10.9 Å². The average molecular weight is 268 g/mol. The Balaban J connectivity index is 1.73. The van der Waals surface area contributed by atoms with Crippen molar-refractivity contribution < 1.29 is 4.79 Å². The third-order valence-electron chi connectivity index (χ3n) is 2.87. The molecule has 3 rings (SSSR count). The second-order valence-electron chi connectivity index (χ2n) is 4.19. The zero-order chi connectivity index (χ0) is 13.1. The molecule has 2 aromatic heterocycles. The van der Waals surface area contributed by atoms with Gasteiger partial charge in [-0.2, -0.15) is 0 Å². The van der Waals surface area contributed by atoms with Crippen molar-refractivity contribution in [3.8, 4) is 0 Å². The van der Waals surface area contributed by atoms with Crippen LogP contribution in [-0.4, -0.2) is 10.9 Å². The first-order chi connectivity index (χ1) is 9.33. The van der Waals surface area contributed by atoms with Gasteiger partial charge in [0.05, 0.1) is 10.4 Å². The van der Waals surface area contributed by atoms with Crippen LogP contribution in [0, 0.1) is 0 Å².